The van der Waals surface area contributed by atoms with Crippen molar-refractivity contribution < 1.29 is 9.13 Å². The third kappa shape index (κ3) is 5.86. The zero-order chi connectivity index (χ0) is 28.1. The Morgan fingerprint density at radius 2 is 0.634 bits per heavy atom. The molecule has 0 bridgehead atoms. The van der Waals surface area contributed by atoms with Crippen LogP contribution in [0.3, 0.4) is 0 Å². The van der Waals surface area contributed by atoms with Gasteiger partial charge in [-0.2, -0.15) is 0 Å². The van der Waals surface area contributed by atoms with E-state index < -0.39 is 0 Å². The first kappa shape index (κ1) is 29.3. The van der Waals surface area contributed by atoms with Crippen LogP contribution in [0.1, 0.15) is 0 Å². The largest absolute Gasteiger partial charge is 0.269 e. The first-order chi connectivity index (χ1) is 20.0. The molecule has 0 aliphatic carbocycles. The lowest BCUT2D eigenvalue weighted by molar-refractivity contribution is 0.601. The molecule has 0 aliphatic heterocycles. The molecule has 7 aromatic rings. The summed E-state index contributed by atoms with van der Waals surface area (Å²) >= 11 is 16.9. The van der Waals surface area contributed by atoms with Gasteiger partial charge in [-0.15, -0.1) is 79.4 Å². The smallest absolute Gasteiger partial charge is 0.195 e. The molecule has 0 unspecified atom stereocenters. The monoisotopic (exact) mass is 920 g/mol. The van der Waals surface area contributed by atoms with E-state index in [9.17, 15) is 9.13 Å². The van der Waals surface area contributed by atoms with Gasteiger partial charge < -0.3 is 0 Å². The van der Waals surface area contributed by atoms with Crippen molar-refractivity contribution >= 4 is 152 Å². The van der Waals surface area contributed by atoms with Crippen LogP contribution < -0.4 is 10.6 Å². The summed E-state index contributed by atoms with van der Waals surface area (Å²) in [7, 11) is -0.229. The normalized spacial score (nSPS) is 11.8. The van der Waals surface area contributed by atoms with Crippen molar-refractivity contribution in [1.82, 2.24) is 0 Å². The van der Waals surface area contributed by atoms with E-state index in [4.69, 9.17) is 0 Å². The topological polar surface area (TPSA) is 34.1 Å². The van der Waals surface area contributed by atoms with Gasteiger partial charge in [-0.3, -0.25) is 9.13 Å². The third-order valence-electron chi connectivity index (χ3n) is 6.03. The quantitative estimate of drug-likeness (QED) is 0.112. The second-order valence-electron chi connectivity index (χ2n) is 8.50. The molecular weight excluding hydrogens is 909 g/mol. The van der Waals surface area contributed by atoms with E-state index in [1.165, 1.54) is 44.8 Å². The highest BCUT2D eigenvalue weighted by molar-refractivity contribution is 14.1. The Hall–Kier alpha value is -0.440. The molecule has 0 aliphatic rings. The molecule has 202 valence electrons. The van der Waals surface area contributed by atoms with Crippen molar-refractivity contribution in [2.75, 3.05) is 0 Å². The SMILES string of the molecule is O=Pc1c(-c2ccc(-c3ccc(-c4ccc(I)s4)s3)s2)sc(-c2ccc(-c3ccc(-c4ccc(I)s4)s3)s2)c1P=O. The van der Waals surface area contributed by atoms with E-state index in [1.807, 2.05) is 0 Å². The van der Waals surface area contributed by atoms with Gasteiger partial charge in [0.15, 0.2) is 16.9 Å². The Bertz CT molecular complexity index is 1910. The molecule has 13 heteroatoms. The molecule has 0 fully saturated rings. The number of hydrogen-bond acceptors (Lipinski definition) is 9. The van der Waals surface area contributed by atoms with Crippen LogP contribution in [-0.4, -0.2) is 0 Å². The molecule has 0 amide bonds. The highest BCUT2D eigenvalue weighted by Gasteiger charge is 2.24. The van der Waals surface area contributed by atoms with E-state index in [0.29, 0.717) is 10.6 Å². The minimum atomic E-state index is -0.114. The zero-order valence-corrected chi connectivity index (χ0v) is 32.1. The lowest BCUT2D eigenvalue weighted by Gasteiger charge is -1.93. The lowest BCUT2D eigenvalue weighted by Crippen LogP contribution is -2.10. The van der Waals surface area contributed by atoms with Crippen molar-refractivity contribution in [3.05, 3.63) is 78.6 Å². The van der Waals surface area contributed by atoms with Gasteiger partial charge >= 0.3 is 0 Å². The van der Waals surface area contributed by atoms with Gasteiger partial charge in [0, 0.05) is 48.8 Å². The van der Waals surface area contributed by atoms with Gasteiger partial charge in [0.25, 0.3) is 0 Å². The molecule has 7 heterocycles. The summed E-state index contributed by atoms with van der Waals surface area (Å²) in [5.41, 5.74) is 0. The van der Waals surface area contributed by atoms with Crippen LogP contribution in [0.5, 0.6) is 0 Å². The van der Waals surface area contributed by atoms with Gasteiger partial charge in [0.1, 0.15) is 0 Å². The second kappa shape index (κ2) is 12.5. The Morgan fingerprint density at radius 3 is 0.927 bits per heavy atom. The molecule has 0 saturated carbocycles. The molecule has 0 radical (unpaired) electrons. The van der Waals surface area contributed by atoms with Crippen LogP contribution >= 0.6 is 141 Å². The molecule has 0 N–H and O–H groups in total. The fourth-order valence-electron chi connectivity index (χ4n) is 4.20. The highest BCUT2D eigenvalue weighted by Crippen LogP contribution is 2.47. The summed E-state index contributed by atoms with van der Waals surface area (Å²) in [5, 5.41) is 1.24. The van der Waals surface area contributed by atoms with Crippen molar-refractivity contribution in [1.29, 1.82) is 0 Å². The molecule has 0 saturated heterocycles. The highest BCUT2D eigenvalue weighted by atomic mass is 127. The Balaban J connectivity index is 1.21. The Labute approximate surface area is 294 Å². The van der Waals surface area contributed by atoms with E-state index in [2.05, 4.69) is 118 Å². The van der Waals surface area contributed by atoms with Crippen molar-refractivity contribution in [2.24, 2.45) is 0 Å². The molecule has 0 atom stereocenters. The fraction of sp³-hybridized carbons (Fsp3) is 0. The Morgan fingerprint density at radius 1 is 0.366 bits per heavy atom. The van der Waals surface area contributed by atoms with E-state index in [-0.39, 0.29) is 16.9 Å². The van der Waals surface area contributed by atoms with E-state index >= 15 is 0 Å². The minimum absolute atomic E-state index is 0.114. The number of halogens is 2. The summed E-state index contributed by atoms with van der Waals surface area (Å²) in [6.45, 7) is 0. The average Bonchev–Trinajstić information content (AvgIpc) is 3.80. The van der Waals surface area contributed by atoms with Crippen molar-refractivity contribution in [3.63, 3.8) is 0 Å². The van der Waals surface area contributed by atoms with Crippen LogP contribution in [0.2, 0.25) is 0 Å². The summed E-state index contributed by atoms with van der Waals surface area (Å²) in [5.74, 6) is 0. The third-order valence-corrected chi connectivity index (χ3v) is 18.2. The van der Waals surface area contributed by atoms with Gasteiger partial charge in [-0.25, -0.2) is 0 Å². The summed E-state index contributed by atoms with van der Waals surface area (Å²) in [6, 6.07) is 25.9. The zero-order valence-electron chi connectivity index (χ0n) is 20.3. The molecule has 2 nitrogen and oxygen atoms in total. The summed E-state index contributed by atoms with van der Waals surface area (Å²) < 4.78 is 27.4. The maximum absolute atomic E-state index is 12.4. The summed E-state index contributed by atoms with van der Waals surface area (Å²) in [6.07, 6.45) is 0. The second-order valence-corrected chi connectivity index (χ2v) is 21.1. The molecule has 41 heavy (non-hydrogen) atoms. The predicted octanol–water partition coefficient (Wildman–Crippen LogP) is 13.2. The molecule has 0 aromatic carbocycles. The molecule has 0 spiro atoms. The standard InChI is InChI=1S/C28H12I2O2P2S7/c29-23-11-9-19(39-23)17-3-1-13(35-17)15-5-7-21(37-15)27-25(33-31)26(34-32)28(41-27)22-8-6-16(38-22)14-2-4-18(36-14)20-10-12-24(30)40-20/h1-12H. The number of hydrogen-bond donors (Lipinski definition) is 0. The summed E-state index contributed by atoms with van der Waals surface area (Å²) in [4.78, 5) is 13.8. The predicted molar refractivity (Wildman–Crippen MR) is 204 cm³/mol. The van der Waals surface area contributed by atoms with Crippen LogP contribution in [0, 0.1) is 5.77 Å². The van der Waals surface area contributed by atoms with Gasteiger partial charge in [-0.05, 0) is 118 Å². The van der Waals surface area contributed by atoms with E-state index in [1.54, 1.807) is 79.4 Å². The van der Waals surface area contributed by atoms with Crippen LogP contribution in [0.15, 0.2) is 72.8 Å². The molecule has 7 aromatic heterocycles. The first-order valence-electron chi connectivity index (χ1n) is 11.8. The number of rotatable bonds is 8. The maximum atomic E-state index is 12.4. The molecular formula is C28H12I2O2P2S7. The average molecular weight is 921 g/mol. The lowest BCUT2D eigenvalue weighted by atomic mass is 10.3. The number of thiophene rings is 7. The maximum Gasteiger partial charge on any atom is 0.195 e. The Kier molecular flexibility index (Phi) is 8.94. The van der Waals surface area contributed by atoms with E-state index in [0.717, 1.165) is 19.5 Å². The van der Waals surface area contributed by atoms with Crippen LogP contribution in [-0.2, 0) is 9.13 Å². The van der Waals surface area contributed by atoms with Crippen molar-refractivity contribution in [2.45, 2.75) is 0 Å². The van der Waals surface area contributed by atoms with Gasteiger partial charge in [-0.1, -0.05) is 0 Å². The van der Waals surface area contributed by atoms with Crippen LogP contribution in [0.4, 0.5) is 0 Å². The minimum Gasteiger partial charge on any atom is -0.269 e. The van der Waals surface area contributed by atoms with Crippen LogP contribution in [0.25, 0.3) is 58.5 Å². The first-order valence-corrected chi connectivity index (χ1v) is 21.3. The fourth-order valence-corrected chi connectivity index (χ4v) is 15.0. The molecule has 7 rings (SSSR count). The van der Waals surface area contributed by atoms with Gasteiger partial charge in [0.2, 0.25) is 0 Å². The van der Waals surface area contributed by atoms with Crippen molar-refractivity contribution in [3.8, 4) is 58.5 Å². The van der Waals surface area contributed by atoms with Gasteiger partial charge in [0.05, 0.1) is 26.1 Å².